The third-order valence-corrected chi connectivity index (χ3v) is 7.34. The minimum Gasteiger partial charge on any atom is -0.481 e. The zero-order valence-corrected chi connectivity index (χ0v) is 20.7. The van der Waals surface area contributed by atoms with Crippen molar-refractivity contribution in [2.45, 2.75) is 38.9 Å². The van der Waals surface area contributed by atoms with Gasteiger partial charge in [0.05, 0.1) is 28.4 Å². The van der Waals surface area contributed by atoms with Crippen molar-refractivity contribution >= 4 is 46.0 Å². The first-order chi connectivity index (χ1) is 17.6. The fourth-order valence-corrected chi connectivity index (χ4v) is 5.31. The minimum atomic E-state index is -4.57. The van der Waals surface area contributed by atoms with Gasteiger partial charge < -0.3 is 10.0 Å². The van der Waals surface area contributed by atoms with E-state index in [9.17, 15) is 27.9 Å². The second-order valence-corrected chi connectivity index (χ2v) is 9.86. The second kappa shape index (κ2) is 9.49. The number of alkyl halides is 3. The highest BCUT2D eigenvalue weighted by atomic mass is 35.5. The third kappa shape index (κ3) is 4.82. The van der Waals surface area contributed by atoms with E-state index >= 15 is 0 Å². The summed E-state index contributed by atoms with van der Waals surface area (Å²) in [5, 5.41) is 9.87. The van der Waals surface area contributed by atoms with E-state index in [4.69, 9.17) is 11.6 Å². The van der Waals surface area contributed by atoms with Gasteiger partial charge in [-0.1, -0.05) is 41.9 Å². The summed E-state index contributed by atoms with van der Waals surface area (Å²) in [6, 6.07) is 10.7. The number of carbonyl (C=O) groups is 2. The predicted molar refractivity (Wildman–Crippen MR) is 135 cm³/mol. The number of amides is 1. The average molecular weight is 529 g/mol. The normalized spacial score (nSPS) is 18.7. The van der Waals surface area contributed by atoms with Gasteiger partial charge in [0.25, 0.3) is 0 Å². The SMILES string of the molecule is CCN(Cc1cc(C(F)(F)F)ccc1C1=CC(CC(=O)O)C2=Nc3ccccc3C2=C1Cl)C(=O)C1CC1. The lowest BCUT2D eigenvalue weighted by Gasteiger charge is -2.27. The van der Waals surface area contributed by atoms with Gasteiger partial charge in [0.1, 0.15) is 0 Å². The number of carboxylic acid groups (broad SMARTS) is 1. The predicted octanol–water partition coefficient (Wildman–Crippen LogP) is 6.69. The maximum absolute atomic E-state index is 13.7. The lowest BCUT2D eigenvalue weighted by Crippen LogP contribution is -2.32. The first-order valence-corrected chi connectivity index (χ1v) is 12.5. The van der Waals surface area contributed by atoms with E-state index in [0.29, 0.717) is 45.2 Å². The van der Waals surface area contributed by atoms with Crippen LogP contribution in [0.2, 0.25) is 0 Å². The molecule has 1 aliphatic heterocycles. The molecule has 5 nitrogen and oxygen atoms in total. The van der Waals surface area contributed by atoms with Crippen molar-refractivity contribution in [3.05, 3.63) is 75.8 Å². The van der Waals surface area contributed by atoms with Crippen LogP contribution in [0, 0.1) is 11.8 Å². The molecule has 37 heavy (non-hydrogen) atoms. The number of rotatable bonds is 7. The molecular formula is C28H24ClF3N2O3. The fourth-order valence-electron chi connectivity index (χ4n) is 4.95. The van der Waals surface area contributed by atoms with Gasteiger partial charge in [-0.3, -0.25) is 14.6 Å². The first kappa shape index (κ1) is 25.3. The highest BCUT2D eigenvalue weighted by molar-refractivity contribution is 6.49. The van der Waals surface area contributed by atoms with Crippen LogP contribution in [0.4, 0.5) is 18.9 Å². The molecule has 0 saturated heterocycles. The van der Waals surface area contributed by atoms with Crippen molar-refractivity contribution in [2.75, 3.05) is 6.54 Å². The van der Waals surface area contributed by atoms with Crippen molar-refractivity contribution in [1.82, 2.24) is 4.90 Å². The summed E-state index contributed by atoms with van der Waals surface area (Å²) in [6.07, 6.45) is -1.57. The first-order valence-electron chi connectivity index (χ1n) is 12.1. The molecule has 1 heterocycles. The molecule has 1 unspecified atom stereocenters. The quantitative estimate of drug-likeness (QED) is 0.435. The number of aliphatic carboxylic acids is 1. The molecule has 1 atom stereocenters. The Balaban J connectivity index is 1.65. The zero-order valence-electron chi connectivity index (χ0n) is 20.0. The van der Waals surface area contributed by atoms with Crippen LogP contribution < -0.4 is 0 Å². The Morgan fingerprint density at radius 3 is 2.51 bits per heavy atom. The molecular weight excluding hydrogens is 505 g/mol. The topological polar surface area (TPSA) is 70.0 Å². The molecule has 5 rings (SSSR count). The smallest absolute Gasteiger partial charge is 0.416 e. The largest absolute Gasteiger partial charge is 0.481 e. The third-order valence-electron chi connectivity index (χ3n) is 6.94. The number of aliphatic imine (C=N–C) groups is 1. The molecule has 1 N–H and O–H groups in total. The van der Waals surface area contributed by atoms with Crippen molar-refractivity contribution in [2.24, 2.45) is 16.8 Å². The summed E-state index contributed by atoms with van der Waals surface area (Å²) in [4.78, 5) is 30.7. The van der Waals surface area contributed by atoms with Crippen molar-refractivity contribution in [1.29, 1.82) is 0 Å². The Kier molecular flexibility index (Phi) is 6.48. The molecule has 9 heteroatoms. The molecule has 1 fully saturated rings. The second-order valence-electron chi connectivity index (χ2n) is 9.48. The number of hydrogen-bond acceptors (Lipinski definition) is 3. The fraction of sp³-hybridized carbons (Fsp3) is 0.321. The van der Waals surface area contributed by atoms with Crippen LogP contribution in [0.15, 0.2) is 58.6 Å². The van der Waals surface area contributed by atoms with Crippen LogP contribution in [0.25, 0.3) is 11.1 Å². The molecule has 0 radical (unpaired) electrons. The van der Waals surface area contributed by atoms with Crippen molar-refractivity contribution < 1.29 is 27.9 Å². The van der Waals surface area contributed by atoms with Crippen LogP contribution in [0.1, 0.15) is 48.4 Å². The van der Waals surface area contributed by atoms with Gasteiger partial charge in [-0.05, 0) is 54.7 Å². The summed E-state index contributed by atoms with van der Waals surface area (Å²) in [5.41, 5.74) is 2.89. The summed E-state index contributed by atoms with van der Waals surface area (Å²) < 4.78 is 41.0. The maximum atomic E-state index is 13.7. The Bertz CT molecular complexity index is 1390. The number of halogens is 4. The Morgan fingerprint density at radius 1 is 1.14 bits per heavy atom. The van der Waals surface area contributed by atoms with E-state index in [1.807, 2.05) is 24.3 Å². The Hall–Kier alpha value is -3.39. The van der Waals surface area contributed by atoms with Gasteiger partial charge in [-0.15, -0.1) is 0 Å². The van der Waals surface area contributed by atoms with E-state index in [-0.39, 0.29) is 24.8 Å². The molecule has 192 valence electrons. The molecule has 1 amide bonds. The van der Waals surface area contributed by atoms with Crippen molar-refractivity contribution in [3.8, 4) is 0 Å². The molecule has 2 aromatic carbocycles. The van der Waals surface area contributed by atoms with E-state index in [1.54, 1.807) is 17.9 Å². The average Bonchev–Trinajstić information content (AvgIpc) is 3.62. The molecule has 1 saturated carbocycles. The summed E-state index contributed by atoms with van der Waals surface area (Å²) in [7, 11) is 0. The lowest BCUT2D eigenvalue weighted by atomic mass is 9.81. The number of carboxylic acids is 1. The van der Waals surface area contributed by atoms with Gasteiger partial charge >= 0.3 is 12.1 Å². The van der Waals surface area contributed by atoms with E-state index in [0.717, 1.165) is 30.5 Å². The number of benzene rings is 2. The molecule has 0 aromatic heterocycles. The summed E-state index contributed by atoms with van der Waals surface area (Å²) >= 11 is 6.92. The minimum absolute atomic E-state index is 0.0109. The van der Waals surface area contributed by atoms with Gasteiger partial charge in [0, 0.05) is 36.1 Å². The monoisotopic (exact) mass is 528 g/mol. The lowest BCUT2D eigenvalue weighted by molar-refractivity contribution is -0.138. The van der Waals surface area contributed by atoms with Gasteiger partial charge in [0.2, 0.25) is 5.91 Å². The molecule has 0 bridgehead atoms. The van der Waals surface area contributed by atoms with Crippen LogP contribution in [-0.4, -0.2) is 34.1 Å². The van der Waals surface area contributed by atoms with Crippen LogP contribution >= 0.6 is 11.6 Å². The molecule has 2 aliphatic carbocycles. The van der Waals surface area contributed by atoms with Gasteiger partial charge in [-0.25, -0.2) is 0 Å². The van der Waals surface area contributed by atoms with Gasteiger partial charge in [-0.2, -0.15) is 13.2 Å². The summed E-state index contributed by atoms with van der Waals surface area (Å²) in [5.74, 6) is -1.81. The van der Waals surface area contributed by atoms with Gasteiger partial charge in [0.15, 0.2) is 0 Å². The molecule has 0 spiro atoms. The maximum Gasteiger partial charge on any atom is 0.416 e. The van der Waals surface area contributed by atoms with E-state index < -0.39 is 23.6 Å². The Labute approximate surface area is 217 Å². The van der Waals surface area contributed by atoms with E-state index in [1.165, 1.54) is 6.07 Å². The number of carbonyl (C=O) groups excluding carboxylic acids is 1. The summed E-state index contributed by atoms with van der Waals surface area (Å²) in [6.45, 7) is 2.14. The standard InChI is InChI=1S/C28H24ClF3N2O3/c1-2-34(27(37)15-7-8-15)14-17-11-18(28(30,31)32)9-10-19(17)21-12-16(13-23(35)36)26-24(25(21)29)20-5-3-4-6-22(20)33-26/h3-6,9-12,15-16H,2,7-8,13-14H2,1H3,(H,35,36). The Morgan fingerprint density at radius 2 is 1.86 bits per heavy atom. The molecule has 3 aliphatic rings. The number of nitrogens with zero attached hydrogens (tertiary/aromatic N) is 2. The van der Waals surface area contributed by atoms with Crippen LogP contribution in [0.5, 0.6) is 0 Å². The number of para-hydroxylation sites is 1. The van der Waals surface area contributed by atoms with Crippen LogP contribution in [0.3, 0.4) is 0 Å². The van der Waals surface area contributed by atoms with Crippen molar-refractivity contribution in [3.63, 3.8) is 0 Å². The number of hydrogen-bond donors (Lipinski definition) is 1. The highest BCUT2D eigenvalue weighted by Crippen LogP contribution is 2.48. The van der Waals surface area contributed by atoms with E-state index in [2.05, 4.69) is 4.99 Å². The number of allylic oxidation sites excluding steroid dienone is 4. The zero-order chi connectivity index (χ0) is 26.5. The van der Waals surface area contributed by atoms with Crippen LogP contribution in [-0.2, 0) is 22.3 Å². The number of fused-ring (bicyclic) bond motifs is 3. The molecule has 2 aromatic rings. The highest BCUT2D eigenvalue weighted by Gasteiger charge is 2.38.